The Morgan fingerprint density at radius 2 is 1.71 bits per heavy atom. The molecule has 0 saturated carbocycles. The summed E-state index contributed by atoms with van der Waals surface area (Å²) in [5.41, 5.74) is 1.69. The van der Waals surface area contributed by atoms with Crippen LogP contribution < -0.4 is 15.5 Å². The summed E-state index contributed by atoms with van der Waals surface area (Å²) in [5, 5.41) is 5.58. The van der Waals surface area contributed by atoms with E-state index in [2.05, 4.69) is 10.6 Å². The summed E-state index contributed by atoms with van der Waals surface area (Å²) in [6.07, 6.45) is 0.0523. The summed E-state index contributed by atoms with van der Waals surface area (Å²) >= 11 is 0. The SMILES string of the molecule is CCN(CC)c1ccc(S(=O)(=O)N2CCOCC2)cc1NC(=O)CCNC(=O)c1ccccc1. The lowest BCUT2D eigenvalue weighted by molar-refractivity contribution is -0.116. The number of carbonyl (C=O) groups is 2. The zero-order valence-corrected chi connectivity index (χ0v) is 20.4. The molecule has 2 amide bonds. The van der Waals surface area contributed by atoms with E-state index in [1.54, 1.807) is 36.4 Å². The van der Waals surface area contributed by atoms with E-state index in [4.69, 9.17) is 4.74 Å². The molecule has 1 aliphatic rings. The van der Waals surface area contributed by atoms with Crippen LogP contribution in [0.3, 0.4) is 0 Å². The number of hydrogen-bond donors (Lipinski definition) is 2. The Morgan fingerprint density at radius 3 is 2.35 bits per heavy atom. The fourth-order valence-corrected chi connectivity index (χ4v) is 5.18. The standard InChI is InChI=1S/C24H32N4O5S/c1-3-27(4-2)22-11-10-20(34(31,32)28-14-16-33-17-15-28)18-21(22)26-23(29)12-13-25-24(30)19-8-6-5-7-9-19/h5-11,18H,3-4,12-17H2,1-2H3,(H,25,30)(H,26,29). The van der Waals surface area contributed by atoms with Gasteiger partial charge in [-0.05, 0) is 44.2 Å². The number of carbonyl (C=O) groups excluding carboxylic acids is 2. The van der Waals surface area contributed by atoms with Gasteiger partial charge in [0.2, 0.25) is 15.9 Å². The maximum atomic E-state index is 13.1. The number of sulfonamides is 1. The first-order valence-corrected chi connectivity index (χ1v) is 12.9. The Kier molecular flexibility index (Phi) is 9.03. The summed E-state index contributed by atoms with van der Waals surface area (Å²) in [6.45, 7) is 6.84. The molecular formula is C24H32N4O5S. The van der Waals surface area contributed by atoms with E-state index < -0.39 is 10.0 Å². The second-order valence-corrected chi connectivity index (χ2v) is 9.73. The van der Waals surface area contributed by atoms with Gasteiger partial charge >= 0.3 is 0 Å². The van der Waals surface area contributed by atoms with Gasteiger partial charge in [-0.25, -0.2) is 8.42 Å². The third kappa shape index (κ3) is 6.34. The molecule has 0 unspecified atom stereocenters. The van der Waals surface area contributed by atoms with Crippen LogP contribution >= 0.6 is 0 Å². The van der Waals surface area contributed by atoms with Gasteiger partial charge in [-0.3, -0.25) is 9.59 Å². The highest BCUT2D eigenvalue weighted by molar-refractivity contribution is 7.89. The molecule has 34 heavy (non-hydrogen) atoms. The molecular weight excluding hydrogens is 456 g/mol. The minimum absolute atomic E-state index is 0.0523. The number of anilines is 2. The van der Waals surface area contributed by atoms with Crippen molar-refractivity contribution in [3.8, 4) is 0 Å². The van der Waals surface area contributed by atoms with Gasteiger partial charge in [-0.2, -0.15) is 4.31 Å². The number of nitrogens with one attached hydrogen (secondary N) is 2. The molecule has 10 heteroatoms. The van der Waals surface area contributed by atoms with Crippen LogP contribution in [-0.2, 0) is 19.6 Å². The molecule has 2 aromatic carbocycles. The number of rotatable bonds is 10. The molecule has 0 radical (unpaired) electrons. The second-order valence-electron chi connectivity index (χ2n) is 7.79. The van der Waals surface area contributed by atoms with E-state index in [9.17, 15) is 18.0 Å². The van der Waals surface area contributed by atoms with Crippen LogP contribution in [0.5, 0.6) is 0 Å². The molecule has 9 nitrogen and oxygen atoms in total. The number of amides is 2. The van der Waals surface area contributed by atoms with Crippen molar-refractivity contribution in [3.63, 3.8) is 0 Å². The van der Waals surface area contributed by atoms with Crippen molar-refractivity contribution >= 4 is 33.2 Å². The molecule has 0 bridgehead atoms. The zero-order chi connectivity index (χ0) is 24.6. The van der Waals surface area contributed by atoms with Gasteiger partial charge < -0.3 is 20.3 Å². The lowest BCUT2D eigenvalue weighted by atomic mass is 10.2. The van der Waals surface area contributed by atoms with E-state index in [1.165, 1.54) is 10.4 Å². The summed E-state index contributed by atoms with van der Waals surface area (Å²) in [5.74, 6) is -0.571. The minimum Gasteiger partial charge on any atom is -0.379 e. The number of benzene rings is 2. The molecule has 0 spiro atoms. The van der Waals surface area contributed by atoms with Crippen molar-refractivity contribution in [2.24, 2.45) is 0 Å². The predicted molar refractivity (Wildman–Crippen MR) is 132 cm³/mol. The van der Waals surface area contributed by atoms with Gasteiger partial charge in [0.1, 0.15) is 0 Å². The number of ether oxygens (including phenoxy) is 1. The molecule has 1 fully saturated rings. The van der Waals surface area contributed by atoms with Crippen LogP contribution in [-0.4, -0.2) is 70.5 Å². The van der Waals surface area contributed by atoms with Crippen molar-refractivity contribution in [1.29, 1.82) is 0 Å². The Labute approximate surface area is 201 Å². The van der Waals surface area contributed by atoms with E-state index >= 15 is 0 Å². The Balaban J connectivity index is 1.74. The van der Waals surface area contributed by atoms with E-state index in [0.717, 1.165) is 5.69 Å². The summed E-state index contributed by atoms with van der Waals surface area (Å²) in [7, 11) is -3.71. The van der Waals surface area contributed by atoms with Crippen LogP contribution in [0.4, 0.5) is 11.4 Å². The Hall–Kier alpha value is -2.95. The van der Waals surface area contributed by atoms with Gasteiger partial charge in [0.25, 0.3) is 5.91 Å². The van der Waals surface area contributed by atoms with E-state index in [0.29, 0.717) is 50.6 Å². The number of morpholine rings is 1. The third-order valence-corrected chi connectivity index (χ3v) is 7.52. The second kappa shape index (κ2) is 12.0. The Bertz CT molecular complexity index is 1080. The average Bonchev–Trinajstić information content (AvgIpc) is 2.86. The molecule has 184 valence electrons. The molecule has 0 aromatic heterocycles. The largest absolute Gasteiger partial charge is 0.379 e. The van der Waals surface area contributed by atoms with Crippen molar-refractivity contribution in [2.45, 2.75) is 25.2 Å². The van der Waals surface area contributed by atoms with Crippen molar-refractivity contribution < 1.29 is 22.7 Å². The van der Waals surface area contributed by atoms with E-state index in [-0.39, 0.29) is 29.7 Å². The monoisotopic (exact) mass is 488 g/mol. The van der Waals surface area contributed by atoms with Crippen LogP contribution in [0.2, 0.25) is 0 Å². The van der Waals surface area contributed by atoms with Crippen molar-refractivity contribution in [2.75, 3.05) is 56.2 Å². The number of hydrogen-bond acceptors (Lipinski definition) is 6. The molecule has 2 N–H and O–H groups in total. The summed E-state index contributed by atoms with van der Waals surface area (Å²) in [4.78, 5) is 27.0. The third-order valence-electron chi connectivity index (χ3n) is 5.63. The fraction of sp³-hybridized carbons (Fsp3) is 0.417. The molecule has 0 atom stereocenters. The Morgan fingerprint density at radius 1 is 1.03 bits per heavy atom. The lowest BCUT2D eigenvalue weighted by Crippen LogP contribution is -2.40. The molecule has 1 heterocycles. The number of nitrogens with zero attached hydrogens (tertiary/aromatic N) is 2. The quantitative estimate of drug-likeness (QED) is 0.531. The van der Waals surface area contributed by atoms with Crippen molar-refractivity contribution in [1.82, 2.24) is 9.62 Å². The first-order valence-electron chi connectivity index (χ1n) is 11.5. The first kappa shape index (κ1) is 25.7. The molecule has 3 rings (SSSR count). The molecule has 2 aromatic rings. The van der Waals surface area contributed by atoms with Gasteiger partial charge in [0.15, 0.2) is 0 Å². The highest BCUT2D eigenvalue weighted by atomic mass is 32.2. The first-order chi connectivity index (χ1) is 16.4. The van der Waals surface area contributed by atoms with Crippen LogP contribution in [0.15, 0.2) is 53.4 Å². The van der Waals surface area contributed by atoms with Crippen molar-refractivity contribution in [3.05, 3.63) is 54.1 Å². The minimum atomic E-state index is -3.71. The summed E-state index contributed by atoms with van der Waals surface area (Å²) in [6, 6.07) is 13.6. The maximum absolute atomic E-state index is 13.1. The van der Waals surface area contributed by atoms with Gasteiger partial charge in [0.05, 0.1) is 29.5 Å². The lowest BCUT2D eigenvalue weighted by Gasteiger charge is -2.28. The zero-order valence-electron chi connectivity index (χ0n) is 19.6. The highest BCUT2D eigenvalue weighted by Crippen LogP contribution is 2.30. The maximum Gasteiger partial charge on any atom is 0.251 e. The summed E-state index contributed by atoms with van der Waals surface area (Å²) < 4.78 is 32.9. The smallest absolute Gasteiger partial charge is 0.251 e. The van der Waals surface area contributed by atoms with E-state index in [1.807, 2.05) is 24.8 Å². The van der Waals surface area contributed by atoms with Gasteiger partial charge in [-0.15, -0.1) is 0 Å². The molecule has 1 saturated heterocycles. The van der Waals surface area contributed by atoms with Gasteiger partial charge in [0, 0.05) is 44.7 Å². The van der Waals surface area contributed by atoms with Crippen LogP contribution in [0.25, 0.3) is 0 Å². The molecule has 0 aliphatic carbocycles. The normalized spacial score (nSPS) is 14.4. The highest BCUT2D eigenvalue weighted by Gasteiger charge is 2.27. The fourth-order valence-electron chi connectivity index (χ4n) is 3.75. The van der Waals surface area contributed by atoms with Crippen LogP contribution in [0, 0.1) is 0 Å². The van der Waals surface area contributed by atoms with Crippen LogP contribution in [0.1, 0.15) is 30.6 Å². The predicted octanol–water partition coefficient (Wildman–Crippen LogP) is 2.31. The van der Waals surface area contributed by atoms with Gasteiger partial charge in [-0.1, -0.05) is 18.2 Å². The molecule has 1 aliphatic heterocycles. The topological polar surface area (TPSA) is 108 Å². The average molecular weight is 489 g/mol.